The van der Waals surface area contributed by atoms with Gasteiger partial charge in [-0.3, -0.25) is 9.59 Å². The van der Waals surface area contributed by atoms with Crippen LogP contribution in [0.15, 0.2) is 35.3 Å². The fraction of sp³-hybridized carbons (Fsp3) is 0.176. The molecule has 126 valence electrons. The number of carbonyl (C=O) groups is 1. The molecule has 8 heteroatoms. The zero-order valence-electron chi connectivity index (χ0n) is 13.6. The van der Waals surface area contributed by atoms with Crippen LogP contribution in [-0.2, 0) is 13.6 Å². The lowest BCUT2D eigenvalue weighted by molar-refractivity contribution is 0.112. The smallest absolute Gasteiger partial charge is 0.291 e. The van der Waals surface area contributed by atoms with Crippen LogP contribution in [0.5, 0.6) is 5.75 Å². The lowest BCUT2D eigenvalue weighted by atomic mass is 10.2. The van der Waals surface area contributed by atoms with Gasteiger partial charge in [0.25, 0.3) is 5.56 Å². The van der Waals surface area contributed by atoms with Crippen LogP contribution in [-0.4, -0.2) is 32.7 Å². The SMILES string of the molecule is COc1cccc(Cn2ncc3c4sc(C=O)nc4n(C)c3c2=O)c1. The Morgan fingerprint density at radius 2 is 2.20 bits per heavy atom. The van der Waals surface area contributed by atoms with Gasteiger partial charge in [0.1, 0.15) is 11.3 Å². The molecule has 0 unspecified atom stereocenters. The number of rotatable bonds is 4. The van der Waals surface area contributed by atoms with Gasteiger partial charge in [0.15, 0.2) is 16.9 Å². The molecule has 4 rings (SSSR count). The third-order valence-corrected chi connectivity index (χ3v) is 5.11. The second-order valence-corrected chi connectivity index (χ2v) is 6.63. The molecule has 3 aromatic heterocycles. The molecule has 0 atom stereocenters. The largest absolute Gasteiger partial charge is 0.497 e. The summed E-state index contributed by atoms with van der Waals surface area (Å²) in [6.07, 6.45) is 2.37. The molecule has 0 bridgehead atoms. The van der Waals surface area contributed by atoms with Crippen LogP contribution in [0.2, 0.25) is 0 Å². The van der Waals surface area contributed by atoms with Gasteiger partial charge in [0.05, 0.1) is 24.6 Å². The number of aldehydes is 1. The maximum absolute atomic E-state index is 12.9. The van der Waals surface area contributed by atoms with Crippen LogP contribution in [0.1, 0.15) is 15.4 Å². The molecule has 0 radical (unpaired) electrons. The zero-order valence-corrected chi connectivity index (χ0v) is 14.4. The Labute approximate surface area is 146 Å². The minimum atomic E-state index is -0.194. The van der Waals surface area contributed by atoms with Crippen molar-refractivity contribution < 1.29 is 9.53 Å². The summed E-state index contributed by atoms with van der Waals surface area (Å²) in [5, 5.41) is 5.41. The number of ether oxygens (including phenoxy) is 1. The number of hydrogen-bond acceptors (Lipinski definition) is 6. The van der Waals surface area contributed by atoms with E-state index < -0.39 is 0 Å². The molecule has 3 heterocycles. The van der Waals surface area contributed by atoms with Gasteiger partial charge in [-0.1, -0.05) is 12.1 Å². The summed E-state index contributed by atoms with van der Waals surface area (Å²) in [6.45, 7) is 0.345. The highest BCUT2D eigenvalue weighted by molar-refractivity contribution is 7.21. The molecule has 1 aromatic carbocycles. The third kappa shape index (κ3) is 2.42. The molecular formula is C17H14N4O3S. The van der Waals surface area contributed by atoms with E-state index in [9.17, 15) is 9.59 Å². The Morgan fingerprint density at radius 3 is 2.96 bits per heavy atom. The molecule has 7 nitrogen and oxygen atoms in total. The molecular weight excluding hydrogens is 340 g/mol. The zero-order chi connectivity index (χ0) is 17.6. The summed E-state index contributed by atoms with van der Waals surface area (Å²) >= 11 is 1.27. The maximum atomic E-state index is 12.9. The van der Waals surface area contributed by atoms with Gasteiger partial charge in [0.2, 0.25) is 0 Å². The van der Waals surface area contributed by atoms with Crippen LogP contribution in [0, 0.1) is 0 Å². The molecule has 0 saturated carbocycles. The van der Waals surface area contributed by atoms with Crippen LogP contribution >= 0.6 is 11.3 Å². The number of fused-ring (bicyclic) bond motifs is 3. The summed E-state index contributed by atoms with van der Waals surface area (Å²) in [5.74, 6) is 0.733. The highest BCUT2D eigenvalue weighted by Gasteiger charge is 2.18. The Morgan fingerprint density at radius 1 is 1.36 bits per heavy atom. The van der Waals surface area contributed by atoms with Crippen LogP contribution in [0.4, 0.5) is 0 Å². The number of aromatic nitrogens is 4. The predicted molar refractivity (Wildman–Crippen MR) is 95.6 cm³/mol. The van der Waals surface area contributed by atoms with Crippen LogP contribution in [0.3, 0.4) is 0 Å². The van der Waals surface area contributed by atoms with Gasteiger partial charge >= 0.3 is 0 Å². The van der Waals surface area contributed by atoms with Crippen molar-refractivity contribution in [2.45, 2.75) is 6.54 Å². The van der Waals surface area contributed by atoms with E-state index in [1.807, 2.05) is 24.3 Å². The third-order valence-electron chi connectivity index (χ3n) is 4.11. The first-order valence-corrected chi connectivity index (χ1v) is 8.37. The fourth-order valence-corrected chi connectivity index (χ4v) is 3.83. The lowest BCUT2D eigenvalue weighted by Crippen LogP contribution is -2.24. The summed E-state index contributed by atoms with van der Waals surface area (Å²) in [5.41, 5.74) is 1.88. The minimum absolute atomic E-state index is 0.194. The number of benzene rings is 1. The van der Waals surface area contributed by atoms with Gasteiger partial charge in [-0.15, -0.1) is 11.3 Å². The molecule has 0 spiro atoms. The first kappa shape index (κ1) is 15.5. The van der Waals surface area contributed by atoms with Gasteiger partial charge in [0, 0.05) is 12.4 Å². The Balaban J connectivity index is 1.86. The standard InChI is InChI=1S/C17H14N4O3S/c1-20-14-12(15-16(20)19-13(9-22)25-15)7-18-21(17(14)23)8-10-4-3-5-11(6-10)24-2/h3-7,9H,8H2,1-2H3. The molecule has 25 heavy (non-hydrogen) atoms. The Bertz CT molecular complexity index is 1170. The number of aryl methyl sites for hydroxylation is 1. The molecule has 0 saturated heterocycles. The van der Waals surface area contributed by atoms with Crippen molar-refractivity contribution in [2.24, 2.45) is 7.05 Å². The summed E-state index contributed by atoms with van der Waals surface area (Å²) in [7, 11) is 3.38. The number of carbonyl (C=O) groups excluding carboxylic acids is 1. The molecule has 0 aliphatic rings. The average Bonchev–Trinajstić information content (AvgIpc) is 3.17. The van der Waals surface area contributed by atoms with E-state index in [-0.39, 0.29) is 5.56 Å². The topological polar surface area (TPSA) is 79.0 Å². The van der Waals surface area contributed by atoms with Crippen LogP contribution in [0.25, 0.3) is 21.3 Å². The van der Waals surface area contributed by atoms with E-state index >= 15 is 0 Å². The normalized spacial score (nSPS) is 11.3. The second kappa shape index (κ2) is 5.82. The van der Waals surface area contributed by atoms with Gasteiger partial charge < -0.3 is 9.30 Å². The quantitative estimate of drug-likeness (QED) is 0.525. The first-order chi connectivity index (χ1) is 12.1. The average molecular weight is 354 g/mol. The monoisotopic (exact) mass is 354 g/mol. The van der Waals surface area contributed by atoms with Gasteiger partial charge in [-0.2, -0.15) is 5.10 Å². The Hall–Kier alpha value is -3.00. The Kier molecular flexibility index (Phi) is 3.61. The molecule has 0 N–H and O–H groups in total. The number of methoxy groups -OCH3 is 1. The second-order valence-electron chi connectivity index (χ2n) is 5.60. The molecule has 0 fully saturated rings. The highest BCUT2D eigenvalue weighted by atomic mass is 32.1. The van der Waals surface area contributed by atoms with E-state index in [0.29, 0.717) is 29.0 Å². The van der Waals surface area contributed by atoms with Crippen LogP contribution < -0.4 is 10.3 Å². The van der Waals surface area contributed by atoms with Gasteiger partial charge in [-0.25, -0.2) is 9.67 Å². The molecule has 0 amide bonds. The van der Waals surface area contributed by atoms with Crippen molar-refractivity contribution in [3.05, 3.63) is 51.4 Å². The molecule has 0 aliphatic carbocycles. The predicted octanol–water partition coefficient (Wildman–Crippen LogP) is 2.21. The van der Waals surface area contributed by atoms with Crippen molar-refractivity contribution in [1.29, 1.82) is 0 Å². The van der Waals surface area contributed by atoms with Crippen molar-refractivity contribution in [3.63, 3.8) is 0 Å². The maximum Gasteiger partial charge on any atom is 0.291 e. The summed E-state index contributed by atoms with van der Waals surface area (Å²) in [6, 6.07) is 7.52. The van der Waals surface area contributed by atoms with Crippen molar-refractivity contribution in [1.82, 2.24) is 19.3 Å². The van der Waals surface area contributed by atoms with Crippen molar-refractivity contribution >= 4 is 38.9 Å². The van der Waals surface area contributed by atoms with E-state index in [0.717, 1.165) is 21.4 Å². The minimum Gasteiger partial charge on any atom is -0.497 e. The molecule has 0 aliphatic heterocycles. The molecule has 4 aromatic rings. The number of hydrogen-bond donors (Lipinski definition) is 0. The lowest BCUT2D eigenvalue weighted by Gasteiger charge is -2.07. The van der Waals surface area contributed by atoms with E-state index in [1.54, 1.807) is 24.9 Å². The van der Waals surface area contributed by atoms with Crippen molar-refractivity contribution in [2.75, 3.05) is 7.11 Å². The highest BCUT2D eigenvalue weighted by Crippen LogP contribution is 2.30. The van der Waals surface area contributed by atoms with Gasteiger partial charge in [-0.05, 0) is 17.7 Å². The number of nitrogens with zero attached hydrogens (tertiary/aromatic N) is 4. The van der Waals surface area contributed by atoms with E-state index in [1.165, 1.54) is 16.0 Å². The van der Waals surface area contributed by atoms with Crippen molar-refractivity contribution in [3.8, 4) is 5.75 Å². The summed E-state index contributed by atoms with van der Waals surface area (Å²) in [4.78, 5) is 28.1. The summed E-state index contributed by atoms with van der Waals surface area (Å²) < 4.78 is 9.16. The first-order valence-electron chi connectivity index (χ1n) is 7.55. The van der Waals surface area contributed by atoms with E-state index in [4.69, 9.17) is 4.74 Å². The van der Waals surface area contributed by atoms with E-state index in [2.05, 4.69) is 10.1 Å². The number of thiazole rings is 1. The fourth-order valence-electron chi connectivity index (χ4n) is 2.91.